The van der Waals surface area contributed by atoms with Crippen LogP contribution in [0.5, 0.6) is 11.5 Å². The SMILES string of the molecule is NS(=O)(=O)c1ccc(-c2cc3c(cc2-c2ccc(Cl)c(Cl)c2)OCO3)cc1. The molecule has 0 fully saturated rings. The molecule has 0 atom stereocenters. The number of halogens is 2. The minimum atomic E-state index is -3.76. The molecule has 3 aromatic rings. The van der Waals surface area contributed by atoms with Crippen molar-refractivity contribution in [2.45, 2.75) is 4.90 Å². The molecule has 2 N–H and O–H groups in total. The largest absolute Gasteiger partial charge is 0.454 e. The minimum absolute atomic E-state index is 0.0445. The molecule has 4 rings (SSSR count). The molecule has 1 heterocycles. The van der Waals surface area contributed by atoms with Crippen LogP contribution in [-0.4, -0.2) is 15.2 Å². The fourth-order valence-electron chi connectivity index (χ4n) is 2.91. The summed E-state index contributed by atoms with van der Waals surface area (Å²) >= 11 is 12.2. The van der Waals surface area contributed by atoms with Gasteiger partial charge in [0, 0.05) is 0 Å². The van der Waals surface area contributed by atoms with Gasteiger partial charge in [0.2, 0.25) is 16.8 Å². The van der Waals surface area contributed by atoms with Gasteiger partial charge in [0.15, 0.2) is 11.5 Å². The number of fused-ring (bicyclic) bond motifs is 1. The van der Waals surface area contributed by atoms with E-state index in [0.717, 1.165) is 22.3 Å². The molecule has 0 amide bonds. The molecule has 8 heteroatoms. The van der Waals surface area contributed by atoms with Crippen LogP contribution in [0, 0.1) is 0 Å². The van der Waals surface area contributed by atoms with Gasteiger partial charge in [-0.05, 0) is 58.7 Å². The van der Waals surface area contributed by atoms with E-state index in [4.69, 9.17) is 37.8 Å². The lowest BCUT2D eigenvalue weighted by atomic mass is 9.94. The third-order valence-corrected chi connectivity index (χ3v) is 5.91. The van der Waals surface area contributed by atoms with E-state index in [-0.39, 0.29) is 11.7 Å². The van der Waals surface area contributed by atoms with E-state index in [1.54, 1.807) is 24.3 Å². The summed E-state index contributed by atoms with van der Waals surface area (Å²) in [6, 6.07) is 15.4. The molecule has 0 saturated carbocycles. The smallest absolute Gasteiger partial charge is 0.238 e. The van der Waals surface area contributed by atoms with E-state index in [9.17, 15) is 8.42 Å². The first-order valence-electron chi connectivity index (χ1n) is 7.85. The van der Waals surface area contributed by atoms with Crippen molar-refractivity contribution in [3.63, 3.8) is 0 Å². The number of benzene rings is 3. The van der Waals surface area contributed by atoms with Crippen molar-refractivity contribution in [1.82, 2.24) is 0 Å². The average molecular weight is 422 g/mol. The van der Waals surface area contributed by atoms with Crippen LogP contribution in [0.1, 0.15) is 0 Å². The quantitative estimate of drug-likeness (QED) is 0.664. The molecule has 3 aromatic carbocycles. The van der Waals surface area contributed by atoms with E-state index in [2.05, 4.69) is 0 Å². The molecule has 1 aliphatic rings. The van der Waals surface area contributed by atoms with Gasteiger partial charge in [-0.2, -0.15) is 0 Å². The average Bonchev–Trinajstić information content (AvgIpc) is 3.10. The van der Waals surface area contributed by atoms with E-state index in [0.29, 0.717) is 21.5 Å². The van der Waals surface area contributed by atoms with Gasteiger partial charge in [0.05, 0.1) is 14.9 Å². The Bertz CT molecular complexity index is 1150. The lowest BCUT2D eigenvalue weighted by Crippen LogP contribution is -2.11. The zero-order valence-corrected chi connectivity index (χ0v) is 16.1. The first-order valence-corrected chi connectivity index (χ1v) is 10.2. The van der Waals surface area contributed by atoms with Crippen molar-refractivity contribution in [3.05, 3.63) is 64.6 Å². The highest BCUT2D eigenvalue weighted by molar-refractivity contribution is 7.89. The van der Waals surface area contributed by atoms with Crippen molar-refractivity contribution >= 4 is 33.2 Å². The summed E-state index contributed by atoms with van der Waals surface area (Å²) in [6.45, 7) is 0.143. The highest BCUT2D eigenvalue weighted by atomic mass is 35.5. The topological polar surface area (TPSA) is 78.6 Å². The molecule has 138 valence electrons. The summed E-state index contributed by atoms with van der Waals surface area (Å²) in [5, 5.41) is 6.07. The molecule has 0 radical (unpaired) electrons. The maximum absolute atomic E-state index is 11.5. The number of sulfonamides is 1. The Labute approximate surface area is 166 Å². The van der Waals surface area contributed by atoms with Gasteiger partial charge < -0.3 is 9.47 Å². The molecule has 0 unspecified atom stereocenters. The second kappa shape index (κ2) is 6.73. The van der Waals surface area contributed by atoms with E-state index < -0.39 is 10.0 Å². The van der Waals surface area contributed by atoms with Gasteiger partial charge in [-0.15, -0.1) is 0 Å². The Morgan fingerprint density at radius 2 is 1.33 bits per heavy atom. The normalized spacial score (nSPS) is 13.0. The van der Waals surface area contributed by atoms with E-state index in [1.807, 2.05) is 18.2 Å². The summed E-state index contributed by atoms with van der Waals surface area (Å²) in [7, 11) is -3.76. The van der Waals surface area contributed by atoms with Gasteiger partial charge in [0.25, 0.3) is 0 Å². The zero-order chi connectivity index (χ0) is 19.2. The molecule has 0 saturated heterocycles. The summed E-state index contributed by atoms with van der Waals surface area (Å²) in [5.74, 6) is 1.24. The van der Waals surface area contributed by atoms with Crippen molar-refractivity contribution in [2.75, 3.05) is 6.79 Å². The third kappa shape index (κ3) is 3.49. The molecule has 27 heavy (non-hydrogen) atoms. The molecule has 0 bridgehead atoms. The van der Waals surface area contributed by atoms with Crippen LogP contribution in [-0.2, 0) is 10.0 Å². The molecule has 0 aliphatic carbocycles. The number of primary sulfonamides is 1. The van der Waals surface area contributed by atoms with Crippen molar-refractivity contribution in [2.24, 2.45) is 5.14 Å². The van der Waals surface area contributed by atoms with Gasteiger partial charge >= 0.3 is 0 Å². The zero-order valence-electron chi connectivity index (χ0n) is 13.8. The molecule has 0 spiro atoms. The molecular formula is C19H13Cl2NO4S. The number of rotatable bonds is 3. The van der Waals surface area contributed by atoms with Crippen LogP contribution in [0.4, 0.5) is 0 Å². The van der Waals surface area contributed by atoms with Gasteiger partial charge in [-0.25, -0.2) is 13.6 Å². The maximum Gasteiger partial charge on any atom is 0.238 e. The number of ether oxygens (including phenoxy) is 2. The fraction of sp³-hybridized carbons (Fsp3) is 0.0526. The Morgan fingerprint density at radius 1 is 0.778 bits per heavy atom. The number of hydrogen-bond donors (Lipinski definition) is 1. The summed E-state index contributed by atoms with van der Waals surface area (Å²) in [6.07, 6.45) is 0. The summed E-state index contributed by atoms with van der Waals surface area (Å²) < 4.78 is 34.0. The first-order chi connectivity index (χ1) is 12.8. The summed E-state index contributed by atoms with van der Waals surface area (Å²) in [4.78, 5) is 0.0445. The predicted octanol–water partition coefficient (Wildman–Crippen LogP) is 4.70. The van der Waals surface area contributed by atoms with Crippen LogP contribution in [0.25, 0.3) is 22.3 Å². The second-order valence-electron chi connectivity index (χ2n) is 5.95. The molecule has 1 aliphatic heterocycles. The predicted molar refractivity (Wildman–Crippen MR) is 105 cm³/mol. The monoisotopic (exact) mass is 421 g/mol. The van der Waals surface area contributed by atoms with Gasteiger partial charge in [0.1, 0.15) is 0 Å². The number of hydrogen-bond acceptors (Lipinski definition) is 4. The Balaban J connectivity index is 1.90. The highest BCUT2D eigenvalue weighted by Gasteiger charge is 2.20. The second-order valence-corrected chi connectivity index (χ2v) is 8.33. The van der Waals surface area contributed by atoms with Crippen LogP contribution >= 0.6 is 23.2 Å². The van der Waals surface area contributed by atoms with Crippen LogP contribution in [0.15, 0.2) is 59.5 Å². The Kier molecular flexibility index (Phi) is 4.52. The van der Waals surface area contributed by atoms with Gasteiger partial charge in [-0.3, -0.25) is 0 Å². The molecule has 5 nitrogen and oxygen atoms in total. The van der Waals surface area contributed by atoms with E-state index >= 15 is 0 Å². The van der Waals surface area contributed by atoms with Crippen LogP contribution in [0.2, 0.25) is 10.0 Å². The van der Waals surface area contributed by atoms with Crippen molar-refractivity contribution in [3.8, 4) is 33.8 Å². The lowest BCUT2D eigenvalue weighted by Gasteiger charge is -2.13. The summed E-state index contributed by atoms with van der Waals surface area (Å²) in [5.41, 5.74) is 3.31. The number of nitrogens with two attached hydrogens (primary N) is 1. The van der Waals surface area contributed by atoms with E-state index in [1.165, 1.54) is 12.1 Å². The molecular weight excluding hydrogens is 409 g/mol. The fourth-order valence-corrected chi connectivity index (χ4v) is 3.72. The standard InChI is InChI=1S/C19H13Cl2NO4S/c20-16-6-3-12(7-17(16)21)15-9-19-18(25-10-26-19)8-14(15)11-1-4-13(5-2-11)27(22,23)24/h1-9H,10H2,(H2,22,23,24). The lowest BCUT2D eigenvalue weighted by molar-refractivity contribution is 0.174. The Morgan fingerprint density at radius 3 is 1.89 bits per heavy atom. The van der Waals surface area contributed by atoms with Crippen LogP contribution in [0.3, 0.4) is 0 Å². The van der Waals surface area contributed by atoms with Crippen molar-refractivity contribution in [1.29, 1.82) is 0 Å². The maximum atomic E-state index is 11.5. The Hall–Kier alpha value is -2.25. The van der Waals surface area contributed by atoms with Crippen LogP contribution < -0.4 is 14.6 Å². The minimum Gasteiger partial charge on any atom is -0.454 e. The highest BCUT2D eigenvalue weighted by Crippen LogP contribution is 2.43. The molecule has 0 aromatic heterocycles. The van der Waals surface area contributed by atoms with Gasteiger partial charge in [-0.1, -0.05) is 41.4 Å². The van der Waals surface area contributed by atoms with Crippen molar-refractivity contribution < 1.29 is 17.9 Å². The first kappa shape index (κ1) is 18.1. The third-order valence-electron chi connectivity index (χ3n) is 4.24.